The second-order valence-corrected chi connectivity index (χ2v) is 4.47. The van der Waals surface area contributed by atoms with E-state index in [1.807, 2.05) is 12.1 Å². The van der Waals surface area contributed by atoms with E-state index in [9.17, 15) is 0 Å². The monoisotopic (exact) mass is 213 g/mol. The summed E-state index contributed by atoms with van der Waals surface area (Å²) in [6, 6.07) is 18.8. The van der Waals surface area contributed by atoms with Crippen LogP contribution in [0.3, 0.4) is 0 Å². The molecule has 0 spiro atoms. The summed E-state index contributed by atoms with van der Waals surface area (Å²) in [7, 11) is 0. The highest BCUT2D eigenvalue weighted by atomic mass is 14.1. The van der Waals surface area contributed by atoms with Gasteiger partial charge >= 0.3 is 0 Å². The molecule has 0 nitrogen and oxygen atoms in total. The van der Waals surface area contributed by atoms with Crippen LogP contribution in [0.4, 0.5) is 0 Å². The first-order valence-electron chi connectivity index (χ1n) is 5.73. The molecule has 0 aliphatic heterocycles. The van der Waals surface area contributed by atoms with E-state index in [0.29, 0.717) is 5.56 Å². The van der Waals surface area contributed by atoms with E-state index in [1.54, 1.807) is 0 Å². The van der Waals surface area contributed by atoms with Crippen molar-refractivity contribution in [3.8, 4) is 0 Å². The number of hydrogen-bond donors (Lipinski definition) is 0. The minimum absolute atomic E-state index is 0.607. The van der Waals surface area contributed by atoms with Crippen LogP contribution in [0, 0.1) is 6.92 Å². The molecule has 0 saturated heterocycles. The first-order valence-corrected chi connectivity index (χ1v) is 5.73. The van der Waals surface area contributed by atoms with Gasteiger partial charge in [0.2, 0.25) is 0 Å². The fourth-order valence-electron chi connectivity index (χ4n) is 2.74. The Morgan fingerprint density at radius 2 is 1.18 bits per heavy atom. The van der Waals surface area contributed by atoms with Gasteiger partial charge in [-0.15, -0.1) is 0 Å². The number of rotatable bonds is 0. The van der Waals surface area contributed by atoms with Crippen LogP contribution >= 0.6 is 0 Å². The van der Waals surface area contributed by atoms with Crippen molar-refractivity contribution in [3.05, 3.63) is 67.1 Å². The molecule has 0 heterocycles. The Morgan fingerprint density at radius 1 is 0.588 bits per heavy atom. The van der Waals surface area contributed by atoms with Crippen LogP contribution in [-0.4, -0.2) is 0 Å². The van der Waals surface area contributed by atoms with Crippen LogP contribution in [-0.2, 0) is 0 Å². The lowest BCUT2D eigenvalue weighted by Crippen LogP contribution is -1.85. The van der Waals surface area contributed by atoms with Gasteiger partial charge in [-0.25, -0.2) is 0 Å². The van der Waals surface area contributed by atoms with E-state index < -0.39 is 0 Å². The zero-order valence-electron chi connectivity index (χ0n) is 9.20. The minimum atomic E-state index is 0.607. The quantitative estimate of drug-likeness (QED) is 0.377. The van der Waals surface area contributed by atoms with Crippen LogP contribution in [0.2, 0.25) is 0 Å². The predicted octanol–water partition coefficient (Wildman–Crippen LogP) is 4.52. The van der Waals surface area contributed by atoms with Crippen LogP contribution in [0.25, 0.3) is 32.3 Å². The zero-order valence-corrected chi connectivity index (χ0v) is 9.20. The normalized spacial score (nSPS) is 11.8. The molecule has 17 heavy (non-hydrogen) atoms. The maximum absolute atomic E-state index is 8.01. The first kappa shape index (κ1) is 9.00. The minimum Gasteiger partial charge on any atom is -0.0610 e. The van der Waals surface area contributed by atoms with Crippen LogP contribution in [0.1, 0.15) is 5.56 Å². The number of hydrogen-bond acceptors (Lipinski definition) is 0. The van der Waals surface area contributed by atoms with Crippen LogP contribution in [0.5, 0.6) is 0 Å². The largest absolute Gasteiger partial charge is 0.0610 e. The van der Waals surface area contributed by atoms with Crippen LogP contribution < -0.4 is 0 Å². The Kier molecular flexibility index (Phi) is 1.58. The van der Waals surface area contributed by atoms with Crippen molar-refractivity contribution in [2.75, 3.05) is 0 Å². The van der Waals surface area contributed by atoms with E-state index in [4.69, 9.17) is 6.92 Å². The molecule has 4 aromatic carbocycles. The van der Waals surface area contributed by atoms with Crippen molar-refractivity contribution < 1.29 is 0 Å². The summed E-state index contributed by atoms with van der Waals surface area (Å²) < 4.78 is 0. The van der Waals surface area contributed by atoms with E-state index >= 15 is 0 Å². The lowest BCUT2D eigenvalue weighted by Gasteiger charge is -2.11. The molecule has 0 aliphatic rings. The summed E-state index contributed by atoms with van der Waals surface area (Å²) in [6.45, 7) is 8.01. The van der Waals surface area contributed by atoms with Crippen molar-refractivity contribution in [2.45, 2.75) is 0 Å². The molecule has 0 aliphatic carbocycles. The maximum atomic E-state index is 8.01. The maximum Gasteiger partial charge on any atom is 0.0306 e. The van der Waals surface area contributed by atoms with E-state index in [-0.39, 0.29) is 0 Å². The summed E-state index contributed by atoms with van der Waals surface area (Å²) in [5, 5.41) is 7.30. The average molecular weight is 213 g/mol. The summed E-state index contributed by atoms with van der Waals surface area (Å²) in [5.41, 5.74) is 0.607. The van der Waals surface area contributed by atoms with Gasteiger partial charge in [0.05, 0.1) is 0 Å². The molecule has 0 fully saturated rings. The molecule has 0 atom stereocenters. The Bertz CT molecular complexity index is 824. The summed E-state index contributed by atoms with van der Waals surface area (Å²) in [5.74, 6) is 0. The molecule has 0 amide bonds. The predicted molar refractivity (Wildman–Crippen MR) is 72.5 cm³/mol. The van der Waals surface area contributed by atoms with E-state index in [1.165, 1.54) is 26.9 Å². The summed E-state index contributed by atoms with van der Waals surface area (Å²) >= 11 is 0. The van der Waals surface area contributed by atoms with Crippen molar-refractivity contribution >= 4 is 32.3 Å². The van der Waals surface area contributed by atoms with E-state index in [2.05, 4.69) is 42.5 Å². The van der Waals surface area contributed by atoms with Crippen LogP contribution in [0.15, 0.2) is 54.6 Å². The average Bonchev–Trinajstić information content (AvgIpc) is 2.38. The van der Waals surface area contributed by atoms with Gasteiger partial charge in [-0.3, -0.25) is 0 Å². The highest BCUT2D eigenvalue weighted by Crippen LogP contribution is 2.35. The molecule has 0 heteroatoms. The third-order valence-electron chi connectivity index (χ3n) is 3.53. The SMILES string of the molecule is [C]c1ccc2ccc3cccc4ccc1c2c34. The van der Waals surface area contributed by atoms with Gasteiger partial charge in [0.25, 0.3) is 0 Å². The van der Waals surface area contributed by atoms with Gasteiger partial charge < -0.3 is 0 Å². The van der Waals surface area contributed by atoms with Crippen molar-refractivity contribution in [3.63, 3.8) is 0 Å². The molecule has 3 radical (unpaired) electrons. The fourth-order valence-corrected chi connectivity index (χ4v) is 2.74. The first-order chi connectivity index (χ1) is 8.34. The zero-order chi connectivity index (χ0) is 11.4. The van der Waals surface area contributed by atoms with Gasteiger partial charge in [-0.2, -0.15) is 0 Å². The van der Waals surface area contributed by atoms with Crippen molar-refractivity contribution in [1.82, 2.24) is 0 Å². The van der Waals surface area contributed by atoms with E-state index in [0.717, 1.165) is 5.39 Å². The fraction of sp³-hybridized carbons (Fsp3) is 0. The highest BCUT2D eigenvalue weighted by Gasteiger charge is 2.08. The summed E-state index contributed by atoms with van der Waals surface area (Å²) in [6.07, 6.45) is 0. The summed E-state index contributed by atoms with van der Waals surface area (Å²) in [4.78, 5) is 0. The van der Waals surface area contributed by atoms with Gasteiger partial charge in [-0.05, 0) is 37.9 Å². The smallest absolute Gasteiger partial charge is 0.0306 e. The molecule has 77 valence electrons. The molecular formula is C17H9. The van der Waals surface area contributed by atoms with Gasteiger partial charge in [0, 0.05) is 6.92 Å². The Labute approximate surface area is 99.8 Å². The molecular weight excluding hydrogens is 204 g/mol. The topological polar surface area (TPSA) is 0 Å². The Hall–Kier alpha value is -2.08. The standard InChI is InChI=1S/C17H9/c1-11-5-6-14-8-7-12-3-2-4-13-9-10-15(11)17(14)16(12)13/h2-10H. The van der Waals surface area contributed by atoms with Gasteiger partial charge in [0.1, 0.15) is 0 Å². The second-order valence-electron chi connectivity index (χ2n) is 4.47. The second kappa shape index (κ2) is 2.98. The highest BCUT2D eigenvalue weighted by molar-refractivity contribution is 6.23. The molecule has 0 saturated carbocycles. The molecule has 0 bridgehead atoms. The Balaban J connectivity index is 2.48. The molecule has 0 N–H and O–H groups in total. The Morgan fingerprint density at radius 3 is 1.94 bits per heavy atom. The van der Waals surface area contributed by atoms with Crippen molar-refractivity contribution in [2.24, 2.45) is 0 Å². The molecule has 0 aromatic heterocycles. The third kappa shape index (κ3) is 1.07. The van der Waals surface area contributed by atoms with Crippen molar-refractivity contribution in [1.29, 1.82) is 0 Å². The number of benzene rings is 4. The molecule has 4 aromatic rings. The lowest BCUT2D eigenvalue weighted by atomic mass is 9.92. The molecule has 4 rings (SSSR count). The molecule has 0 unspecified atom stereocenters. The van der Waals surface area contributed by atoms with Gasteiger partial charge in [-0.1, -0.05) is 54.6 Å². The lowest BCUT2D eigenvalue weighted by molar-refractivity contribution is 1.71. The van der Waals surface area contributed by atoms with Gasteiger partial charge in [0.15, 0.2) is 0 Å². The third-order valence-corrected chi connectivity index (χ3v) is 3.53.